The van der Waals surface area contributed by atoms with Crippen molar-refractivity contribution in [2.24, 2.45) is 11.3 Å². The Bertz CT molecular complexity index is 653. The highest BCUT2D eigenvalue weighted by Crippen LogP contribution is 2.42. The molecule has 1 heterocycles. The third-order valence-electron chi connectivity index (χ3n) is 6.24. The standard InChI is InChI=1S/C19H27ClN2O2.C5H10.CH4.H3N.H2O/c1-13(2)17(21-12-23)18(24)22-10-9-16(19(3,4)11-22)14-5-7-15(20)8-6-14;1-2-4-5-3-1;;;/h5-8,12-13,16-17H,9-11H2,1-4H3,(H,21,23);1-5H2;1H4;1H3;1H2/t16?,17-;;;;/m1..../s1. The molecule has 6 nitrogen and oxygen atoms in total. The molecule has 1 aromatic carbocycles. The van der Waals surface area contributed by atoms with Gasteiger partial charge in [-0.05, 0) is 41.4 Å². The van der Waals surface area contributed by atoms with E-state index in [2.05, 4.69) is 31.3 Å². The van der Waals surface area contributed by atoms with Gasteiger partial charge in [-0.2, -0.15) is 0 Å². The van der Waals surface area contributed by atoms with E-state index in [1.807, 2.05) is 30.9 Å². The van der Waals surface area contributed by atoms with Crippen molar-refractivity contribution in [3.8, 4) is 0 Å². The summed E-state index contributed by atoms with van der Waals surface area (Å²) in [6, 6.07) is 7.56. The van der Waals surface area contributed by atoms with Gasteiger partial charge in [-0.25, -0.2) is 0 Å². The molecule has 0 bridgehead atoms. The smallest absolute Gasteiger partial charge is 0.245 e. The van der Waals surface area contributed by atoms with E-state index in [9.17, 15) is 9.59 Å². The van der Waals surface area contributed by atoms with Gasteiger partial charge >= 0.3 is 0 Å². The first-order chi connectivity index (χ1) is 13.8. The Morgan fingerprint density at radius 3 is 2.03 bits per heavy atom. The Kier molecular flexibility index (Phi) is 15.5. The van der Waals surface area contributed by atoms with Gasteiger partial charge in [0.25, 0.3) is 0 Å². The molecule has 1 saturated heterocycles. The van der Waals surface area contributed by atoms with Crippen LogP contribution in [0.15, 0.2) is 24.3 Å². The number of carbonyl (C=O) groups excluding carboxylic acids is 2. The fourth-order valence-electron chi connectivity index (χ4n) is 4.56. The minimum atomic E-state index is -0.453. The lowest BCUT2D eigenvalue weighted by Crippen LogP contribution is -2.54. The lowest BCUT2D eigenvalue weighted by Gasteiger charge is -2.45. The molecule has 6 N–H and O–H groups in total. The summed E-state index contributed by atoms with van der Waals surface area (Å²) >= 11 is 5.99. The lowest BCUT2D eigenvalue weighted by molar-refractivity contribution is -0.139. The number of hydrogen-bond donors (Lipinski definition) is 2. The molecule has 2 atom stereocenters. The molecule has 3 rings (SSSR count). The first kappa shape index (κ1) is 32.5. The van der Waals surface area contributed by atoms with Crippen molar-refractivity contribution < 1.29 is 15.1 Å². The number of likely N-dealkylation sites (tertiary alicyclic amines) is 1. The van der Waals surface area contributed by atoms with Crippen LogP contribution in [0.4, 0.5) is 0 Å². The number of nitrogens with one attached hydrogen (secondary N) is 1. The zero-order chi connectivity index (χ0) is 21.4. The summed E-state index contributed by atoms with van der Waals surface area (Å²) < 4.78 is 0. The molecule has 0 spiro atoms. The molecule has 0 aromatic heterocycles. The normalized spacial score (nSPS) is 19.8. The van der Waals surface area contributed by atoms with Crippen LogP contribution in [0.25, 0.3) is 0 Å². The quantitative estimate of drug-likeness (QED) is 0.561. The number of carbonyl (C=O) groups is 2. The molecule has 32 heavy (non-hydrogen) atoms. The highest BCUT2D eigenvalue weighted by atomic mass is 35.5. The molecule has 7 heteroatoms. The number of halogens is 1. The van der Waals surface area contributed by atoms with E-state index in [1.54, 1.807) is 0 Å². The van der Waals surface area contributed by atoms with Crippen LogP contribution in [-0.4, -0.2) is 41.8 Å². The van der Waals surface area contributed by atoms with Crippen LogP contribution in [0.5, 0.6) is 0 Å². The summed E-state index contributed by atoms with van der Waals surface area (Å²) in [5, 5.41) is 3.41. The molecule has 1 saturated carbocycles. The molecule has 2 amide bonds. The second-order valence-corrected chi connectivity index (χ2v) is 9.85. The molecule has 1 aromatic rings. The van der Waals surface area contributed by atoms with Crippen LogP contribution in [-0.2, 0) is 9.59 Å². The molecule has 2 aliphatic rings. The van der Waals surface area contributed by atoms with E-state index in [0.717, 1.165) is 11.4 Å². The van der Waals surface area contributed by atoms with E-state index in [4.69, 9.17) is 11.6 Å². The van der Waals surface area contributed by atoms with Gasteiger partial charge in [0.15, 0.2) is 0 Å². The number of piperidine rings is 1. The lowest BCUT2D eigenvalue weighted by atomic mass is 9.70. The molecule has 1 unspecified atom stereocenters. The highest BCUT2D eigenvalue weighted by molar-refractivity contribution is 6.30. The Morgan fingerprint density at radius 1 is 1.12 bits per heavy atom. The van der Waals surface area contributed by atoms with E-state index >= 15 is 0 Å². The van der Waals surface area contributed by atoms with Crippen molar-refractivity contribution >= 4 is 23.9 Å². The van der Waals surface area contributed by atoms with Gasteiger partial charge in [0, 0.05) is 18.1 Å². The first-order valence-electron chi connectivity index (χ1n) is 11.0. The van der Waals surface area contributed by atoms with Gasteiger partial charge in [0.05, 0.1) is 0 Å². The van der Waals surface area contributed by atoms with Crippen LogP contribution in [0, 0.1) is 11.3 Å². The summed E-state index contributed by atoms with van der Waals surface area (Å²) in [4.78, 5) is 25.5. The van der Waals surface area contributed by atoms with E-state index in [-0.39, 0.29) is 36.3 Å². The summed E-state index contributed by atoms with van der Waals surface area (Å²) in [5.74, 6) is 0.467. The average Bonchev–Trinajstić information content (AvgIpc) is 3.25. The third kappa shape index (κ3) is 9.08. The van der Waals surface area contributed by atoms with Crippen LogP contribution in [0.2, 0.25) is 5.02 Å². The predicted molar refractivity (Wildman–Crippen MR) is 135 cm³/mol. The molecular formula is C25H46ClN3O3. The van der Waals surface area contributed by atoms with Crippen molar-refractivity contribution in [1.29, 1.82) is 0 Å². The summed E-state index contributed by atoms with van der Waals surface area (Å²) in [7, 11) is 0. The predicted octanol–water partition coefficient (Wildman–Crippen LogP) is 5.38. The van der Waals surface area contributed by atoms with E-state index in [1.165, 1.54) is 37.7 Å². The molecule has 186 valence electrons. The molecular weight excluding hydrogens is 426 g/mol. The minimum Gasteiger partial charge on any atom is -0.412 e. The highest BCUT2D eigenvalue weighted by Gasteiger charge is 2.40. The van der Waals surface area contributed by atoms with Crippen molar-refractivity contribution in [1.82, 2.24) is 16.4 Å². The SMILES string of the molecule is C.C1CCCC1.CC(C)[C@@H](NC=O)C(=O)N1CCC(c2ccc(Cl)cc2)C(C)(C)C1.N.O. The van der Waals surface area contributed by atoms with Crippen molar-refractivity contribution in [2.75, 3.05) is 13.1 Å². The van der Waals surface area contributed by atoms with Gasteiger partial charge < -0.3 is 21.8 Å². The largest absolute Gasteiger partial charge is 0.412 e. The number of amides is 2. The Hall–Kier alpha value is -1.63. The van der Waals surface area contributed by atoms with Crippen molar-refractivity contribution in [2.45, 2.75) is 85.6 Å². The van der Waals surface area contributed by atoms with Gasteiger partial charge in [-0.1, -0.05) is 91.0 Å². The first-order valence-corrected chi connectivity index (χ1v) is 11.4. The van der Waals surface area contributed by atoms with Gasteiger partial charge in [0.1, 0.15) is 6.04 Å². The van der Waals surface area contributed by atoms with Crippen LogP contribution < -0.4 is 11.5 Å². The van der Waals surface area contributed by atoms with Gasteiger partial charge in [-0.15, -0.1) is 0 Å². The summed E-state index contributed by atoms with van der Waals surface area (Å²) in [6.45, 7) is 9.68. The van der Waals surface area contributed by atoms with Crippen LogP contribution in [0.3, 0.4) is 0 Å². The number of nitrogens with zero attached hydrogens (tertiary/aromatic N) is 1. The van der Waals surface area contributed by atoms with Gasteiger partial charge in [-0.3, -0.25) is 9.59 Å². The molecule has 0 radical (unpaired) electrons. The average molecular weight is 472 g/mol. The molecule has 1 aliphatic heterocycles. The second-order valence-electron chi connectivity index (χ2n) is 9.42. The fraction of sp³-hybridized carbons (Fsp3) is 0.680. The number of rotatable bonds is 5. The number of benzene rings is 1. The minimum absolute atomic E-state index is 0. The van der Waals surface area contributed by atoms with Gasteiger partial charge in [0.2, 0.25) is 12.3 Å². The third-order valence-corrected chi connectivity index (χ3v) is 6.50. The Balaban J connectivity index is 0. The Morgan fingerprint density at radius 2 is 1.62 bits per heavy atom. The maximum atomic E-state index is 12.8. The summed E-state index contributed by atoms with van der Waals surface area (Å²) in [5.41, 5.74) is 1.23. The van der Waals surface area contributed by atoms with Crippen molar-refractivity contribution in [3.05, 3.63) is 34.9 Å². The van der Waals surface area contributed by atoms with E-state index in [0.29, 0.717) is 25.4 Å². The topological polar surface area (TPSA) is 116 Å². The van der Waals surface area contributed by atoms with Crippen LogP contribution >= 0.6 is 11.6 Å². The monoisotopic (exact) mass is 471 g/mol. The Labute approximate surface area is 200 Å². The van der Waals surface area contributed by atoms with Crippen LogP contribution in [0.1, 0.15) is 85.1 Å². The maximum absolute atomic E-state index is 12.8. The fourth-order valence-corrected chi connectivity index (χ4v) is 4.69. The molecule has 1 aliphatic carbocycles. The summed E-state index contributed by atoms with van der Waals surface area (Å²) in [6.07, 6.45) is 9.03. The zero-order valence-corrected chi connectivity index (χ0v) is 20.4. The molecule has 2 fully saturated rings. The second kappa shape index (κ2) is 15.3. The van der Waals surface area contributed by atoms with Crippen molar-refractivity contribution in [3.63, 3.8) is 0 Å². The zero-order valence-electron chi connectivity index (χ0n) is 19.6. The maximum Gasteiger partial charge on any atom is 0.245 e. The number of hydrogen-bond acceptors (Lipinski definition) is 3. The van der Waals surface area contributed by atoms with E-state index < -0.39 is 6.04 Å².